The van der Waals surface area contributed by atoms with E-state index >= 15 is 0 Å². The molecule has 0 amide bonds. The second kappa shape index (κ2) is 8.83. The standard InChI is InChI=1S/C37H50O4/c1-32(2)18-20-37(31(40)41)21-19-35(6)26(27(37)22-32)12-13-29-34(5)16-14-25(23-8-10-24(11-9-23)30(38)39)33(3,4)28(34)15-17-36(29,35)7/h8-12,14,27-29H,13,15-22H2,1-7H3,(H,38,39)(H,40,41). The van der Waals surface area contributed by atoms with Crippen molar-refractivity contribution in [3.8, 4) is 0 Å². The highest BCUT2D eigenvalue weighted by atomic mass is 16.4. The number of carboxylic acids is 2. The predicted octanol–water partition coefficient (Wildman–Crippen LogP) is 9.26. The Hall–Kier alpha value is -2.36. The summed E-state index contributed by atoms with van der Waals surface area (Å²) >= 11 is 0. The van der Waals surface area contributed by atoms with E-state index in [1.54, 1.807) is 12.1 Å². The first kappa shape index (κ1) is 28.7. The van der Waals surface area contributed by atoms with Crippen LogP contribution in [0.15, 0.2) is 42.0 Å². The molecule has 4 nitrogen and oxygen atoms in total. The van der Waals surface area contributed by atoms with Gasteiger partial charge in [0.15, 0.2) is 0 Å². The number of aromatic carboxylic acids is 1. The molecule has 3 saturated carbocycles. The van der Waals surface area contributed by atoms with E-state index in [0.717, 1.165) is 50.5 Å². The number of fused-ring (bicyclic) bond motifs is 7. The maximum atomic E-state index is 12.9. The van der Waals surface area contributed by atoms with Crippen molar-refractivity contribution in [1.29, 1.82) is 0 Å². The summed E-state index contributed by atoms with van der Waals surface area (Å²) in [6.07, 6.45) is 14.0. The van der Waals surface area contributed by atoms with E-state index in [4.69, 9.17) is 0 Å². The van der Waals surface area contributed by atoms with Gasteiger partial charge in [0.25, 0.3) is 0 Å². The highest BCUT2D eigenvalue weighted by molar-refractivity contribution is 5.88. The van der Waals surface area contributed by atoms with E-state index in [0.29, 0.717) is 17.4 Å². The molecule has 0 heterocycles. The van der Waals surface area contributed by atoms with E-state index in [2.05, 4.69) is 60.6 Å². The van der Waals surface area contributed by atoms with Gasteiger partial charge in [0, 0.05) is 0 Å². The molecule has 1 aromatic carbocycles. The maximum Gasteiger partial charge on any atom is 0.335 e. The lowest BCUT2D eigenvalue weighted by atomic mass is 9.34. The van der Waals surface area contributed by atoms with Gasteiger partial charge in [-0.3, -0.25) is 4.79 Å². The SMILES string of the molecule is CC1(C)CCC2(C(=O)O)CCC3(C)C(=CCC4C5(C)CC=C(c6ccc(C(=O)O)cc6)C(C)(C)C5CCC43C)C2C1. The van der Waals surface area contributed by atoms with E-state index in [1.807, 2.05) is 12.1 Å². The number of hydrogen-bond donors (Lipinski definition) is 2. The van der Waals surface area contributed by atoms with Crippen LogP contribution in [0.25, 0.3) is 5.57 Å². The van der Waals surface area contributed by atoms with Crippen molar-refractivity contribution < 1.29 is 19.8 Å². The molecular weight excluding hydrogens is 508 g/mol. The number of carbonyl (C=O) groups is 2. The van der Waals surface area contributed by atoms with Gasteiger partial charge in [-0.25, -0.2) is 4.79 Å². The summed E-state index contributed by atoms with van der Waals surface area (Å²) in [5, 5.41) is 20.0. The monoisotopic (exact) mass is 558 g/mol. The topological polar surface area (TPSA) is 74.6 Å². The third-order valence-corrected chi connectivity index (χ3v) is 14.1. The fourth-order valence-electron chi connectivity index (χ4n) is 11.5. The second-order valence-corrected chi connectivity index (χ2v) is 16.6. The largest absolute Gasteiger partial charge is 0.481 e. The molecule has 0 saturated heterocycles. The zero-order valence-corrected chi connectivity index (χ0v) is 26.3. The van der Waals surface area contributed by atoms with Gasteiger partial charge in [0.2, 0.25) is 0 Å². The molecule has 1 aromatic rings. The smallest absolute Gasteiger partial charge is 0.335 e. The Kier molecular flexibility index (Phi) is 6.19. The normalized spacial score (nSPS) is 42.4. The number of hydrogen-bond acceptors (Lipinski definition) is 2. The Morgan fingerprint density at radius 2 is 1.46 bits per heavy atom. The Bertz CT molecular complexity index is 1350. The summed E-state index contributed by atoms with van der Waals surface area (Å²) in [6.45, 7) is 17.1. The predicted molar refractivity (Wildman–Crippen MR) is 163 cm³/mol. The molecule has 0 aliphatic heterocycles. The molecule has 3 fully saturated rings. The van der Waals surface area contributed by atoms with Crippen LogP contribution < -0.4 is 0 Å². The molecule has 7 atom stereocenters. The highest BCUT2D eigenvalue weighted by Crippen LogP contribution is 2.76. The third kappa shape index (κ3) is 3.77. The van der Waals surface area contributed by atoms with Gasteiger partial charge in [-0.05, 0) is 126 Å². The van der Waals surface area contributed by atoms with Crippen molar-refractivity contribution in [2.24, 2.45) is 50.2 Å². The minimum Gasteiger partial charge on any atom is -0.481 e. The van der Waals surface area contributed by atoms with Crippen molar-refractivity contribution in [2.75, 3.05) is 0 Å². The average Bonchev–Trinajstić information content (AvgIpc) is 2.88. The van der Waals surface area contributed by atoms with Gasteiger partial charge in [-0.15, -0.1) is 0 Å². The minimum atomic E-state index is -0.883. The Morgan fingerprint density at radius 1 is 0.805 bits per heavy atom. The number of carboxylic acid groups (broad SMARTS) is 2. The molecule has 4 heteroatoms. The van der Waals surface area contributed by atoms with Crippen LogP contribution in [0.2, 0.25) is 0 Å². The lowest BCUT2D eigenvalue weighted by molar-refractivity contribution is -0.177. The van der Waals surface area contributed by atoms with Crippen molar-refractivity contribution >= 4 is 17.5 Å². The Balaban J connectivity index is 1.40. The summed E-state index contributed by atoms with van der Waals surface area (Å²) < 4.78 is 0. The number of rotatable bonds is 3. The van der Waals surface area contributed by atoms with E-state index in [9.17, 15) is 19.8 Å². The Labute approximate surface area is 246 Å². The van der Waals surface area contributed by atoms with Gasteiger partial charge in [0.05, 0.1) is 11.0 Å². The second-order valence-electron chi connectivity index (χ2n) is 16.6. The van der Waals surface area contributed by atoms with Gasteiger partial charge in [-0.1, -0.05) is 78.3 Å². The zero-order chi connectivity index (χ0) is 29.8. The minimum absolute atomic E-state index is 0.0254. The van der Waals surface area contributed by atoms with Crippen LogP contribution in [-0.4, -0.2) is 22.2 Å². The Morgan fingerprint density at radius 3 is 2.10 bits per heavy atom. The molecule has 41 heavy (non-hydrogen) atoms. The summed E-state index contributed by atoms with van der Waals surface area (Å²) in [6, 6.07) is 7.46. The van der Waals surface area contributed by atoms with Crippen LogP contribution in [0.1, 0.15) is 122 Å². The number of benzene rings is 1. The average molecular weight is 559 g/mol. The molecule has 6 rings (SSSR count). The maximum absolute atomic E-state index is 12.9. The summed E-state index contributed by atoms with van der Waals surface area (Å²) in [4.78, 5) is 24.4. The lowest BCUT2D eigenvalue weighted by Crippen LogP contribution is -2.63. The van der Waals surface area contributed by atoms with Crippen LogP contribution in [0, 0.1) is 50.2 Å². The summed E-state index contributed by atoms with van der Waals surface area (Å²) in [7, 11) is 0. The van der Waals surface area contributed by atoms with E-state index < -0.39 is 17.4 Å². The molecule has 2 N–H and O–H groups in total. The van der Waals surface area contributed by atoms with Crippen LogP contribution in [0.3, 0.4) is 0 Å². The fourth-order valence-corrected chi connectivity index (χ4v) is 11.5. The van der Waals surface area contributed by atoms with Crippen LogP contribution in [0.5, 0.6) is 0 Å². The van der Waals surface area contributed by atoms with Crippen LogP contribution in [0.4, 0.5) is 0 Å². The van der Waals surface area contributed by atoms with Crippen molar-refractivity contribution in [2.45, 2.75) is 106 Å². The van der Waals surface area contributed by atoms with Crippen LogP contribution >= 0.6 is 0 Å². The number of aliphatic carboxylic acids is 1. The molecule has 0 radical (unpaired) electrons. The molecule has 222 valence electrons. The van der Waals surface area contributed by atoms with E-state index in [-0.39, 0.29) is 33.0 Å². The lowest BCUT2D eigenvalue weighted by Gasteiger charge is -2.70. The first-order valence-corrected chi connectivity index (χ1v) is 16.0. The highest BCUT2D eigenvalue weighted by Gasteiger charge is 2.68. The molecular formula is C37H50O4. The number of allylic oxidation sites excluding steroid dienone is 4. The summed E-state index contributed by atoms with van der Waals surface area (Å²) in [5.41, 5.74) is 4.21. The summed E-state index contributed by atoms with van der Waals surface area (Å²) in [5.74, 6) is -0.226. The quantitative estimate of drug-likeness (QED) is 0.363. The van der Waals surface area contributed by atoms with Gasteiger partial charge >= 0.3 is 11.9 Å². The third-order valence-electron chi connectivity index (χ3n) is 14.1. The van der Waals surface area contributed by atoms with Gasteiger partial charge < -0.3 is 10.2 Å². The molecule has 7 unspecified atom stereocenters. The van der Waals surface area contributed by atoms with Crippen LogP contribution in [-0.2, 0) is 4.79 Å². The fraction of sp³-hybridized carbons (Fsp3) is 0.676. The van der Waals surface area contributed by atoms with Crippen molar-refractivity contribution in [1.82, 2.24) is 0 Å². The van der Waals surface area contributed by atoms with Crippen molar-refractivity contribution in [3.05, 3.63) is 53.1 Å². The molecule has 0 spiro atoms. The van der Waals surface area contributed by atoms with E-state index in [1.165, 1.54) is 24.0 Å². The zero-order valence-electron chi connectivity index (χ0n) is 26.3. The molecule has 0 bridgehead atoms. The molecule has 5 aliphatic rings. The van der Waals surface area contributed by atoms with Gasteiger partial charge in [-0.2, -0.15) is 0 Å². The van der Waals surface area contributed by atoms with Gasteiger partial charge in [0.1, 0.15) is 0 Å². The molecule has 5 aliphatic carbocycles. The van der Waals surface area contributed by atoms with Crippen molar-refractivity contribution in [3.63, 3.8) is 0 Å². The molecule has 0 aromatic heterocycles. The first-order chi connectivity index (χ1) is 19.0. The first-order valence-electron chi connectivity index (χ1n) is 16.0.